The Morgan fingerprint density at radius 3 is 3.12 bits per heavy atom. The van der Waals surface area contributed by atoms with Crippen LogP contribution in [0.1, 0.15) is 19.0 Å². The number of aliphatic hydroxyl groups is 1. The molecule has 1 heterocycles. The molecule has 1 aromatic rings. The van der Waals surface area contributed by atoms with E-state index in [4.69, 9.17) is 5.11 Å². The Kier molecular flexibility index (Phi) is 3.74. The number of hydrogen-bond acceptors (Lipinski definition) is 3. The Bertz CT molecular complexity index is 359. The van der Waals surface area contributed by atoms with Crippen LogP contribution in [-0.2, 0) is 13.1 Å². The van der Waals surface area contributed by atoms with Crippen molar-refractivity contribution in [2.75, 3.05) is 6.61 Å². The van der Waals surface area contributed by atoms with Gasteiger partial charge in [-0.05, 0) is 19.4 Å². The first-order valence-electron chi connectivity index (χ1n) is 5.86. The van der Waals surface area contributed by atoms with Crippen molar-refractivity contribution in [2.45, 2.75) is 32.5 Å². The van der Waals surface area contributed by atoms with Gasteiger partial charge < -0.3 is 10.4 Å². The molecule has 88 valence electrons. The maximum Gasteiger partial charge on any atom is 0.0522 e. The quantitative estimate of drug-likeness (QED) is 0.727. The van der Waals surface area contributed by atoms with Crippen molar-refractivity contribution in [2.24, 2.45) is 5.92 Å². The standard InChI is InChI=1S/C12H19N3O/c1-2-15-12(5-6-14-15)8-13-11-4-3-10(7-11)9-16/h3-6,10-11,13,16H,2,7-9H2,1H3/t10-,11+/m0/s1. The summed E-state index contributed by atoms with van der Waals surface area (Å²) in [5, 5.41) is 16.7. The smallest absolute Gasteiger partial charge is 0.0522 e. The molecular weight excluding hydrogens is 202 g/mol. The minimum atomic E-state index is 0.252. The summed E-state index contributed by atoms with van der Waals surface area (Å²) in [4.78, 5) is 0. The molecule has 0 saturated heterocycles. The molecule has 0 aromatic carbocycles. The van der Waals surface area contributed by atoms with Crippen LogP contribution < -0.4 is 5.32 Å². The van der Waals surface area contributed by atoms with E-state index in [9.17, 15) is 0 Å². The van der Waals surface area contributed by atoms with Crippen molar-refractivity contribution in [3.63, 3.8) is 0 Å². The molecule has 0 amide bonds. The monoisotopic (exact) mass is 221 g/mol. The fourth-order valence-electron chi connectivity index (χ4n) is 2.09. The number of nitrogens with zero attached hydrogens (tertiary/aromatic N) is 2. The second-order valence-corrected chi connectivity index (χ2v) is 4.19. The van der Waals surface area contributed by atoms with Gasteiger partial charge in [-0.25, -0.2) is 0 Å². The molecule has 0 spiro atoms. The van der Waals surface area contributed by atoms with Crippen molar-refractivity contribution in [3.05, 3.63) is 30.1 Å². The van der Waals surface area contributed by atoms with E-state index in [-0.39, 0.29) is 6.61 Å². The zero-order valence-corrected chi connectivity index (χ0v) is 9.63. The van der Waals surface area contributed by atoms with Crippen LogP contribution in [0.2, 0.25) is 0 Å². The Labute approximate surface area is 96.0 Å². The lowest BCUT2D eigenvalue weighted by Crippen LogP contribution is -2.27. The van der Waals surface area contributed by atoms with Gasteiger partial charge in [0.1, 0.15) is 0 Å². The van der Waals surface area contributed by atoms with E-state index in [1.165, 1.54) is 5.69 Å². The molecule has 2 N–H and O–H groups in total. The second-order valence-electron chi connectivity index (χ2n) is 4.19. The molecule has 1 aromatic heterocycles. The average molecular weight is 221 g/mol. The molecule has 1 aliphatic carbocycles. The number of hydrogen-bond donors (Lipinski definition) is 2. The molecule has 4 heteroatoms. The molecule has 16 heavy (non-hydrogen) atoms. The highest BCUT2D eigenvalue weighted by Crippen LogP contribution is 2.17. The van der Waals surface area contributed by atoms with Crippen molar-refractivity contribution >= 4 is 0 Å². The van der Waals surface area contributed by atoms with Crippen molar-refractivity contribution in [3.8, 4) is 0 Å². The molecule has 0 saturated carbocycles. The average Bonchev–Trinajstić information content (AvgIpc) is 2.94. The lowest BCUT2D eigenvalue weighted by Gasteiger charge is -2.13. The van der Waals surface area contributed by atoms with Crippen LogP contribution in [0.5, 0.6) is 0 Å². The molecule has 1 aliphatic rings. The summed E-state index contributed by atoms with van der Waals surface area (Å²) in [6, 6.07) is 2.43. The highest BCUT2D eigenvalue weighted by atomic mass is 16.3. The van der Waals surface area contributed by atoms with Crippen molar-refractivity contribution < 1.29 is 5.11 Å². The summed E-state index contributed by atoms with van der Waals surface area (Å²) in [5.41, 5.74) is 1.21. The van der Waals surface area contributed by atoms with Crippen LogP contribution in [-0.4, -0.2) is 27.5 Å². The Morgan fingerprint density at radius 2 is 2.44 bits per heavy atom. The van der Waals surface area contributed by atoms with E-state index >= 15 is 0 Å². The van der Waals surface area contributed by atoms with Crippen LogP contribution in [0.4, 0.5) is 0 Å². The summed E-state index contributed by atoms with van der Waals surface area (Å²) < 4.78 is 2.00. The first-order chi connectivity index (χ1) is 7.83. The normalized spacial score (nSPS) is 24.1. The molecule has 0 aliphatic heterocycles. The fourth-order valence-corrected chi connectivity index (χ4v) is 2.09. The molecule has 0 radical (unpaired) electrons. The number of rotatable bonds is 5. The topological polar surface area (TPSA) is 50.1 Å². The highest BCUT2D eigenvalue weighted by Gasteiger charge is 2.17. The molecule has 2 rings (SSSR count). The van der Waals surface area contributed by atoms with Gasteiger partial charge in [0, 0.05) is 37.9 Å². The highest BCUT2D eigenvalue weighted by molar-refractivity contribution is 5.07. The lowest BCUT2D eigenvalue weighted by atomic mass is 10.1. The molecule has 2 atom stereocenters. The molecular formula is C12H19N3O. The number of aliphatic hydroxyl groups excluding tert-OH is 1. The number of nitrogens with one attached hydrogen (secondary N) is 1. The molecule has 0 bridgehead atoms. The predicted molar refractivity (Wildman–Crippen MR) is 62.9 cm³/mol. The first kappa shape index (κ1) is 11.4. The summed E-state index contributed by atoms with van der Waals surface area (Å²) in [6.07, 6.45) is 7.07. The fraction of sp³-hybridized carbons (Fsp3) is 0.583. The summed E-state index contributed by atoms with van der Waals surface area (Å²) >= 11 is 0. The van der Waals surface area contributed by atoms with Gasteiger partial charge >= 0.3 is 0 Å². The predicted octanol–water partition coefficient (Wildman–Crippen LogP) is 0.930. The van der Waals surface area contributed by atoms with E-state index in [1.54, 1.807) is 0 Å². The largest absolute Gasteiger partial charge is 0.396 e. The van der Waals surface area contributed by atoms with E-state index < -0.39 is 0 Å². The van der Waals surface area contributed by atoms with E-state index in [0.29, 0.717) is 12.0 Å². The van der Waals surface area contributed by atoms with Crippen LogP contribution in [0, 0.1) is 5.92 Å². The van der Waals surface area contributed by atoms with Gasteiger partial charge in [-0.15, -0.1) is 0 Å². The third-order valence-corrected chi connectivity index (χ3v) is 3.06. The van der Waals surface area contributed by atoms with Gasteiger partial charge in [-0.2, -0.15) is 5.10 Å². The first-order valence-corrected chi connectivity index (χ1v) is 5.86. The molecule has 4 nitrogen and oxygen atoms in total. The third kappa shape index (κ3) is 2.51. The van der Waals surface area contributed by atoms with Gasteiger partial charge in [0.05, 0.1) is 5.69 Å². The van der Waals surface area contributed by atoms with Gasteiger partial charge in [0.15, 0.2) is 0 Å². The summed E-state index contributed by atoms with van der Waals surface area (Å²) in [5.74, 6) is 0.327. The number of aromatic nitrogens is 2. The van der Waals surface area contributed by atoms with Gasteiger partial charge in [0.2, 0.25) is 0 Å². The van der Waals surface area contributed by atoms with E-state index in [2.05, 4.69) is 29.5 Å². The van der Waals surface area contributed by atoms with Crippen LogP contribution >= 0.6 is 0 Å². The Balaban J connectivity index is 1.82. The zero-order chi connectivity index (χ0) is 11.4. The van der Waals surface area contributed by atoms with Crippen LogP contribution in [0.15, 0.2) is 24.4 Å². The summed E-state index contributed by atoms with van der Waals surface area (Å²) in [6.45, 7) is 4.08. The van der Waals surface area contributed by atoms with Crippen LogP contribution in [0.25, 0.3) is 0 Å². The van der Waals surface area contributed by atoms with Gasteiger partial charge in [-0.1, -0.05) is 12.2 Å². The second kappa shape index (κ2) is 5.27. The maximum absolute atomic E-state index is 9.03. The SMILES string of the molecule is CCn1nccc1CN[C@@H]1C=C[C@H](CO)C1. The number of aryl methyl sites for hydroxylation is 1. The van der Waals surface area contributed by atoms with Crippen LogP contribution in [0.3, 0.4) is 0 Å². The molecule has 0 unspecified atom stereocenters. The van der Waals surface area contributed by atoms with E-state index in [0.717, 1.165) is 19.5 Å². The van der Waals surface area contributed by atoms with E-state index in [1.807, 2.05) is 16.9 Å². The van der Waals surface area contributed by atoms with Crippen molar-refractivity contribution in [1.82, 2.24) is 15.1 Å². The van der Waals surface area contributed by atoms with Crippen molar-refractivity contribution in [1.29, 1.82) is 0 Å². The van der Waals surface area contributed by atoms with Gasteiger partial charge in [0.25, 0.3) is 0 Å². The zero-order valence-electron chi connectivity index (χ0n) is 9.63. The van der Waals surface area contributed by atoms with Gasteiger partial charge in [-0.3, -0.25) is 4.68 Å². The summed E-state index contributed by atoms with van der Waals surface area (Å²) in [7, 11) is 0. The third-order valence-electron chi connectivity index (χ3n) is 3.06. The minimum Gasteiger partial charge on any atom is -0.396 e. The Hall–Kier alpha value is -1.13. The maximum atomic E-state index is 9.03. The Morgan fingerprint density at radius 1 is 1.56 bits per heavy atom. The minimum absolute atomic E-state index is 0.252. The molecule has 0 fully saturated rings. The lowest BCUT2D eigenvalue weighted by molar-refractivity contribution is 0.246.